The third kappa shape index (κ3) is 4.55. The molecule has 0 radical (unpaired) electrons. The first kappa shape index (κ1) is 14.9. The summed E-state index contributed by atoms with van der Waals surface area (Å²) < 4.78 is 0.940. The van der Waals surface area contributed by atoms with Gasteiger partial charge < -0.3 is 10.2 Å². The predicted octanol–water partition coefficient (Wildman–Crippen LogP) is 0.855. The van der Waals surface area contributed by atoms with Gasteiger partial charge in [0.25, 0.3) is 0 Å². The first-order valence-electron chi connectivity index (χ1n) is 7.76. The molecule has 0 bridgehead atoms. The van der Waals surface area contributed by atoms with Gasteiger partial charge in [0, 0.05) is 25.6 Å². The van der Waals surface area contributed by atoms with Gasteiger partial charge in [-0.2, -0.15) is 0 Å². The molecule has 2 N–H and O–H groups in total. The molecule has 4 nitrogen and oxygen atoms in total. The van der Waals surface area contributed by atoms with Crippen LogP contribution in [0, 0.1) is 5.92 Å². The molecule has 1 saturated carbocycles. The summed E-state index contributed by atoms with van der Waals surface area (Å²) in [5.74, 6) is 1.07. The standard InChI is InChI=1S/C15H30N3O/c1-17-7-9-18(2,10-8-17)12-15(19)11-13-3-5-14(16)6-4-13/h13-14H,3-12,16H2,1-2H3/q+1. The molecule has 2 rings (SSSR count). The molecule has 19 heavy (non-hydrogen) atoms. The molecule has 1 heterocycles. The summed E-state index contributed by atoms with van der Waals surface area (Å²) in [5, 5.41) is 0. The quantitative estimate of drug-likeness (QED) is 0.769. The van der Waals surface area contributed by atoms with E-state index in [1.54, 1.807) is 0 Å². The number of quaternary nitrogens is 1. The predicted molar refractivity (Wildman–Crippen MR) is 77.8 cm³/mol. The average molecular weight is 268 g/mol. The van der Waals surface area contributed by atoms with Gasteiger partial charge >= 0.3 is 0 Å². The van der Waals surface area contributed by atoms with Crippen LogP contribution in [0.25, 0.3) is 0 Å². The Hall–Kier alpha value is -0.450. The molecule has 0 aromatic carbocycles. The minimum Gasteiger partial charge on any atom is -0.328 e. The Kier molecular flexibility index (Phi) is 4.98. The molecule has 0 atom stereocenters. The van der Waals surface area contributed by atoms with E-state index in [1.165, 1.54) is 0 Å². The number of nitrogens with two attached hydrogens (primary N) is 1. The molecule has 1 saturated heterocycles. The van der Waals surface area contributed by atoms with Crippen molar-refractivity contribution in [3.63, 3.8) is 0 Å². The fourth-order valence-electron chi connectivity index (χ4n) is 3.41. The maximum Gasteiger partial charge on any atom is 0.187 e. The van der Waals surface area contributed by atoms with Gasteiger partial charge in [-0.25, -0.2) is 0 Å². The van der Waals surface area contributed by atoms with Gasteiger partial charge in [-0.05, 0) is 38.6 Å². The smallest absolute Gasteiger partial charge is 0.187 e. The number of carbonyl (C=O) groups is 1. The second kappa shape index (κ2) is 6.33. The Morgan fingerprint density at radius 1 is 1.21 bits per heavy atom. The topological polar surface area (TPSA) is 46.3 Å². The Bertz CT molecular complexity index is 303. The van der Waals surface area contributed by atoms with Crippen LogP contribution >= 0.6 is 0 Å². The lowest BCUT2D eigenvalue weighted by atomic mass is 9.83. The van der Waals surface area contributed by atoms with Crippen molar-refractivity contribution < 1.29 is 9.28 Å². The average Bonchev–Trinajstić information content (AvgIpc) is 2.36. The lowest BCUT2D eigenvalue weighted by Crippen LogP contribution is -2.58. The molecular weight excluding hydrogens is 238 g/mol. The van der Waals surface area contributed by atoms with E-state index in [-0.39, 0.29) is 0 Å². The minimum absolute atomic E-state index is 0.383. The molecule has 0 aromatic rings. The van der Waals surface area contributed by atoms with E-state index < -0.39 is 0 Å². The van der Waals surface area contributed by atoms with Crippen molar-refractivity contribution in [1.29, 1.82) is 0 Å². The van der Waals surface area contributed by atoms with E-state index in [0.717, 1.165) is 69.3 Å². The number of ketones is 1. The van der Waals surface area contributed by atoms with Crippen molar-refractivity contribution in [1.82, 2.24) is 4.90 Å². The van der Waals surface area contributed by atoms with E-state index in [1.807, 2.05) is 0 Å². The number of likely N-dealkylation sites (N-methyl/N-ethyl adjacent to an activating group) is 2. The van der Waals surface area contributed by atoms with Crippen LogP contribution < -0.4 is 5.73 Å². The lowest BCUT2D eigenvalue weighted by molar-refractivity contribution is -0.905. The monoisotopic (exact) mass is 268 g/mol. The summed E-state index contributed by atoms with van der Waals surface area (Å²) in [6.45, 7) is 5.18. The van der Waals surface area contributed by atoms with Crippen molar-refractivity contribution in [2.45, 2.75) is 38.1 Å². The number of hydrogen-bond donors (Lipinski definition) is 1. The van der Waals surface area contributed by atoms with E-state index in [9.17, 15) is 4.79 Å². The zero-order chi connectivity index (χ0) is 13.9. The molecule has 1 aliphatic carbocycles. The molecule has 0 unspecified atom stereocenters. The number of nitrogens with zero attached hydrogens (tertiary/aromatic N) is 2. The maximum atomic E-state index is 12.3. The zero-order valence-electron chi connectivity index (χ0n) is 12.6. The van der Waals surface area contributed by atoms with E-state index >= 15 is 0 Å². The van der Waals surface area contributed by atoms with Crippen molar-refractivity contribution in [3.8, 4) is 0 Å². The van der Waals surface area contributed by atoms with Crippen LogP contribution in [-0.2, 0) is 4.79 Å². The first-order valence-corrected chi connectivity index (χ1v) is 7.76. The van der Waals surface area contributed by atoms with Crippen molar-refractivity contribution in [2.75, 3.05) is 46.8 Å². The van der Waals surface area contributed by atoms with Crippen molar-refractivity contribution in [3.05, 3.63) is 0 Å². The van der Waals surface area contributed by atoms with Crippen molar-refractivity contribution >= 4 is 5.78 Å². The maximum absolute atomic E-state index is 12.3. The van der Waals surface area contributed by atoms with Gasteiger partial charge in [0.15, 0.2) is 5.78 Å². The van der Waals surface area contributed by atoms with Crippen LogP contribution in [-0.4, -0.2) is 68.0 Å². The van der Waals surface area contributed by atoms with Gasteiger partial charge in [0.2, 0.25) is 0 Å². The van der Waals surface area contributed by atoms with Crippen LogP contribution in [0.4, 0.5) is 0 Å². The Balaban J connectivity index is 1.74. The highest BCUT2D eigenvalue weighted by molar-refractivity contribution is 5.79. The van der Waals surface area contributed by atoms with Crippen LogP contribution in [0.3, 0.4) is 0 Å². The lowest BCUT2D eigenvalue weighted by Gasteiger charge is -2.40. The third-order valence-electron chi connectivity index (χ3n) is 5.01. The summed E-state index contributed by atoms with van der Waals surface area (Å²) in [6, 6.07) is 0.383. The zero-order valence-corrected chi connectivity index (χ0v) is 12.6. The number of hydrogen-bond acceptors (Lipinski definition) is 3. The largest absolute Gasteiger partial charge is 0.328 e. The van der Waals surface area contributed by atoms with E-state index in [4.69, 9.17) is 5.73 Å². The fraction of sp³-hybridized carbons (Fsp3) is 0.933. The van der Waals surface area contributed by atoms with E-state index in [0.29, 0.717) is 17.7 Å². The summed E-state index contributed by atoms with van der Waals surface area (Å²) in [6.07, 6.45) is 5.30. The summed E-state index contributed by atoms with van der Waals surface area (Å²) >= 11 is 0. The normalized spacial score (nSPS) is 32.2. The van der Waals surface area contributed by atoms with Crippen LogP contribution in [0.5, 0.6) is 0 Å². The van der Waals surface area contributed by atoms with Crippen LogP contribution in [0.1, 0.15) is 32.1 Å². The highest BCUT2D eigenvalue weighted by Crippen LogP contribution is 2.26. The molecule has 0 aromatic heterocycles. The third-order valence-corrected chi connectivity index (χ3v) is 5.01. The van der Waals surface area contributed by atoms with Crippen molar-refractivity contribution in [2.24, 2.45) is 11.7 Å². The first-order chi connectivity index (χ1) is 8.97. The SMILES string of the molecule is CN1CC[N+](C)(CC(=O)CC2CCC(N)CC2)CC1. The highest BCUT2D eigenvalue weighted by Gasteiger charge is 2.31. The molecule has 110 valence electrons. The second-order valence-electron chi connectivity index (χ2n) is 7.05. The van der Waals surface area contributed by atoms with Gasteiger partial charge in [0.1, 0.15) is 6.54 Å². The molecular formula is C15H30N3O+. The number of carbonyl (C=O) groups excluding carboxylic acids is 1. The van der Waals surface area contributed by atoms with E-state index in [2.05, 4.69) is 19.0 Å². The molecule has 2 fully saturated rings. The molecule has 1 aliphatic heterocycles. The number of rotatable bonds is 4. The van der Waals surface area contributed by atoms with Gasteiger partial charge in [-0.15, -0.1) is 0 Å². The highest BCUT2D eigenvalue weighted by atomic mass is 16.1. The van der Waals surface area contributed by atoms with Gasteiger partial charge in [0.05, 0.1) is 20.1 Å². The van der Waals surface area contributed by atoms with Gasteiger partial charge in [-0.1, -0.05) is 0 Å². The number of piperazine rings is 1. The Morgan fingerprint density at radius 3 is 2.37 bits per heavy atom. The van der Waals surface area contributed by atoms with Crippen LogP contribution in [0.2, 0.25) is 0 Å². The molecule has 2 aliphatic rings. The Labute approximate surface area is 117 Å². The molecule has 4 heteroatoms. The minimum atomic E-state index is 0.383. The summed E-state index contributed by atoms with van der Waals surface area (Å²) in [7, 11) is 4.40. The van der Waals surface area contributed by atoms with Crippen LogP contribution in [0.15, 0.2) is 0 Å². The fourth-order valence-corrected chi connectivity index (χ4v) is 3.41. The summed E-state index contributed by atoms with van der Waals surface area (Å²) in [5.41, 5.74) is 5.92. The summed E-state index contributed by atoms with van der Waals surface area (Å²) in [4.78, 5) is 14.6. The van der Waals surface area contributed by atoms with Gasteiger partial charge in [-0.3, -0.25) is 9.69 Å². The Morgan fingerprint density at radius 2 is 1.79 bits per heavy atom. The second-order valence-corrected chi connectivity index (χ2v) is 7.05. The molecule has 0 amide bonds. The number of Topliss-reactive ketones (excluding diaryl/α,β-unsaturated/α-hetero) is 1. The molecule has 0 spiro atoms.